The molecule has 2 rings (SSSR count). The molecule has 0 radical (unpaired) electrons. The topological polar surface area (TPSA) is 74.3 Å². The fourth-order valence-electron chi connectivity index (χ4n) is 1.67. The molecule has 2 aromatic rings. The van der Waals surface area contributed by atoms with Crippen molar-refractivity contribution in [3.63, 3.8) is 0 Å². The molecule has 2 N–H and O–H groups in total. The van der Waals surface area contributed by atoms with Crippen LogP contribution in [-0.2, 0) is 10.2 Å². The fraction of sp³-hybridized carbons (Fsp3) is 0.214. The van der Waals surface area contributed by atoms with Crippen LogP contribution in [0.15, 0.2) is 36.5 Å². The molecule has 0 atom stereocenters. The predicted molar refractivity (Wildman–Crippen MR) is 89.9 cm³/mol. The highest BCUT2D eigenvalue weighted by molar-refractivity contribution is 7.90. The third-order valence-electron chi connectivity index (χ3n) is 2.95. The summed E-state index contributed by atoms with van der Waals surface area (Å²) in [4.78, 5) is 4.08. The van der Waals surface area contributed by atoms with Gasteiger partial charge in [-0.05, 0) is 42.8 Å². The molecule has 0 spiro atoms. The highest BCUT2D eigenvalue weighted by Crippen LogP contribution is 2.23. The molecular formula is C14H17ClN4O2S. The first-order valence-electron chi connectivity index (χ1n) is 6.47. The van der Waals surface area contributed by atoms with E-state index in [9.17, 15) is 8.42 Å². The van der Waals surface area contributed by atoms with Gasteiger partial charge in [0, 0.05) is 24.8 Å². The highest BCUT2D eigenvalue weighted by Gasteiger charge is 2.13. The summed E-state index contributed by atoms with van der Waals surface area (Å²) in [7, 11) is -0.657. The first-order valence-corrected chi connectivity index (χ1v) is 8.29. The summed E-state index contributed by atoms with van der Waals surface area (Å²) < 4.78 is 26.8. The highest BCUT2D eigenvalue weighted by atomic mass is 35.5. The summed E-state index contributed by atoms with van der Waals surface area (Å²) in [5.74, 6) is 0.257. The Morgan fingerprint density at radius 2 is 1.91 bits per heavy atom. The van der Waals surface area contributed by atoms with Gasteiger partial charge in [0.1, 0.15) is 5.82 Å². The number of hydrogen-bond acceptors (Lipinski definition) is 4. The Morgan fingerprint density at radius 3 is 2.45 bits per heavy atom. The lowest BCUT2D eigenvalue weighted by Crippen LogP contribution is -2.29. The Hall–Kier alpha value is -1.83. The van der Waals surface area contributed by atoms with Gasteiger partial charge < -0.3 is 5.32 Å². The van der Waals surface area contributed by atoms with Gasteiger partial charge in [-0.1, -0.05) is 11.6 Å². The van der Waals surface area contributed by atoms with Crippen molar-refractivity contribution in [2.24, 2.45) is 0 Å². The average Bonchev–Trinajstić information content (AvgIpc) is 2.43. The molecule has 1 heterocycles. The van der Waals surface area contributed by atoms with Crippen molar-refractivity contribution < 1.29 is 8.42 Å². The molecule has 6 nitrogen and oxygen atoms in total. The minimum absolute atomic E-state index is 0.257. The number of rotatable bonds is 5. The van der Waals surface area contributed by atoms with Crippen LogP contribution in [-0.4, -0.2) is 31.8 Å². The molecule has 1 aromatic heterocycles. The monoisotopic (exact) mass is 340 g/mol. The van der Waals surface area contributed by atoms with E-state index >= 15 is 0 Å². The number of nitrogens with zero attached hydrogens (tertiary/aromatic N) is 2. The lowest BCUT2D eigenvalue weighted by atomic mass is 10.2. The van der Waals surface area contributed by atoms with E-state index in [1.165, 1.54) is 14.1 Å². The zero-order valence-electron chi connectivity index (χ0n) is 12.5. The number of pyridine rings is 1. The molecule has 0 saturated carbocycles. The van der Waals surface area contributed by atoms with Gasteiger partial charge in [0.2, 0.25) is 0 Å². The summed E-state index contributed by atoms with van der Waals surface area (Å²) in [6.07, 6.45) is 1.56. The Labute approximate surface area is 135 Å². The van der Waals surface area contributed by atoms with E-state index < -0.39 is 10.2 Å². The SMILES string of the molecule is Cc1cc(Cl)ccc1Nc1ccc(NS(=O)(=O)N(C)C)nc1. The number of aryl methyl sites for hydroxylation is 1. The molecule has 0 unspecified atom stereocenters. The maximum Gasteiger partial charge on any atom is 0.302 e. The van der Waals surface area contributed by atoms with Crippen LogP contribution in [0.2, 0.25) is 5.02 Å². The van der Waals surface area contributed by atoms with Crippen LogP contribution < -0.4 is 10.0 Å². The lowest BCUT2D eigenvalue weighted by molar-refractivity contribution is 0.526. The summed E-state index contributed by atoms with van der Waals surface area (Å²) in [6.45, 7) is 1.95. The predicted octanol–water partition coefficient (Wildman–Crippen LogP) is 3.01. The maximum atomic E-state index is 11.7. The van der Waals surface area contributed by atoms with E-state index in [1.807, 2.05) is 19.1 Å². The molecule has 0 amide bonds. The molecular weight excluding hydrogens is 324 g/mol. The van der Waals surface area contributed by atoms with Crippen molar-refractivity contribution in [3.05, 3.63) is 47.1 Å². The van der Waals surface area contributed by atoms with Gasteiger partial charge in [-0.25, -0.2) is 4.98 Å². The van der Waals surface area contributed by atoms with Gasteiger partial charge >= 0.3 is 10.2 Å². The van der Waals surface area contributed by atoms with Gasteiger partial charge in [-0.2, -0.15) is 12.7 Å². The normalized spacial score (nSPS) is 11.5. The third-order valence-corrected chi connectivity index (χ3v) is 4.61. The Morgan fingerprint density at radius 1 is 1.18 bits per heavy atom. The second-order valence-electron chi connectivity index (χ2n) is 4.91. The van der Waals surface area contributed by atoms with Crippen molar-refractivity contribution in [3.8, 4) is 0 Å². The van der Waals surface area contributed by atoms with Crippen LogP contribution >= 0.6 is 11.6 Å². The van der Waals surface area contributed by atoms with Crippen molar-refractivity contribution in [1.82, 2.24) is 9.29 Å². The van der Waals surface area contributed by atoms with Crippen LogP contribution in [0, 0.1) is 6.92 Å². The molecule has 1 aromatic carbocycles. The van der Waals surface area contributed by atoms with E-state index in [-0.39, 0.29) is 5.82 Å². The molecule has 0 aliphatic carbocycles. The maximum absolute atomic E-state index is 11.7. The van der Waals surface area contributed by atoms with Crippen molar-refractivity contribution in [1.29, 1.82) is 0 Å². The Bertz CT molecular complexity index is 761. The zero-order chi connectivity index (χ0) is 16.3. The Balaban J connectivity index is 2.12. The summed E-state index contributed by atoms with van der Waals surface area (Å²) in [5, 5.41) is 3.88. The molecule has 22 heavy (non-hydrogen) atoms. The minimum Gasteiger partial charge on any atom is -0.354 e. The smallest absolute Gasteiger partial charge is 0.302 e. The standard InChI is InChI=1S/C14H17ClN4O2S/c1-10-8-11(15)4-6-13(10)17-12-5-7-14(16-9-12)18-22(20,21)19(2)3/h4-9,17H,1-3H3,(H,16,18). The number of halogens is 1. The number of hydrogen-bond donors (Lipinski definition) is 2. The summed E-state index contributed by atoms with van der Waals surface area (Å²) >= 11 is 5.92. The van der Waals surface area contributed by atoms with Gasteiger partial charge in [0.05, 0.1) is 11.9 Å². The quantitative estimate of drug-likeness (QED) is 0.877. The minimum atomic E-state index is -3.55. The first-order chi connectivity index (χ1) is 10.3. The van der Waals surface area contributed by atoms with Crippen molar-refractivity contribution >= 4 is 39.0 Å². The van der Waals surface area contributed by atoms with E-state index in [2.05, 4.69) is 15.0 Å². The van der Waals surface area contributed by atoms with Crippen LogP contribution in [0.5, 0.6) is 0 Å². The van der Waals surface area contributed by atoms with Crippen molar-refractivity contribution in [2.45, 2.75) is 6.92 Å². The van der Waals surface area contributed by atoms with Crippen LogP contribution in [0.3, 0.4) is 0 Å². The van der Waals surface area contributed by atoms with E-state index in [0.717, 1.165) is 21.2 Å². The van der Waals surface area contributed by atoms with Crippen LogP contribution in [0.4, 0.5) is 17.2 Å². The zero-order valence-corrected chi connectivity index (χ0v) is 14.0. The van der Waals surface area contributed by atoms with Gasteiger partial charge in [-0.3, -0.25) is 4.72 Å². The third kappa shape index (κ3) is 4.09. The van der Waals surface area contributed by atoms with E-state index in [1.54, 1.807) is 24.4 Å². The molecule has 0 bridgehead atoms. The van der Waals surface area contributed by atoms with Gasteiger partial charge in [-0.15, -0.1) is 0 Å². The molecule has 0 aliphatic rings. The molecule has 118 valence electrons. The number of anilines is 3. The first kappa shape index (κ1) is 16.5. The molecule has 0 saturated heterocycles. The van der Waals surface area contributed by atoms with Crippen LogP contribution in [0.1, 0.15) is 5.56 Å². The van der Waals surface area contributed by atoms with Crippen molar-refractivity contribution in [2.75, 3.05) is 24.1 Å². The Kier molecular flexibility index (Phi) is 4.90. The molecule has 0 fully saturated rings. The number of nitrogens with one attached hydrogen (secondary N) is 2. The summed E-state index contributed by atoms with van der Waals surface area (Å²) in [6, 6.07) is 8.87. The van der Waals surface area contributed by atoms with Gasteiger partial charge in [0.25, 0.3) is 0 Å². The van der Waals surface area contributed by atoms with Gasteiger partial charge in [0.15, 0.2) is 0 Å². The number of aromatic nitrogens is 1. The second kappa shape index (κ2) is 6.51. The van der Waals surface area contributed by atoms with Crippen LogP contribution in [0.25, 0.3) is 0 Å². The number of benzene rings is 1. The summed E-state index contributed by atoms with van der Waals surface area (Å²) in [5.41, 5.74) is 2.66. The molecule has 8 heteroatoms. The second-order valence-corrected chi connectivity index (χ2v) is 7.23. The average molecular weight is 341 g/mol. The largest absolute Gasteiger partial charge is 0.354 e. The lowest BCUT2D eigenvalue weighted by Gasteiger charge is -2.13. The fourth-order valence-corrected chi connectivity index (χ4v) is 2.47. The molecule has 0 aliphatic heterocycles. The van der Waals surface area contributed by atoms with E-state index in [0.29, 0.717) is 5.02 Å². The van der Waals surface area contributed by atoms with E-state index in [4.69, 9.17) is 11.6 Å².